The Hall–Kier alpha value is -1.69. The van der Waals surface area contributed by atoms with Gasteiger partial charge in [0.1, 0.15) is 6.10 Å². The maximum Gasteiger partial charge on any atom is 0.342 e. The number of aryl methyl sites for hydroxylation is 1. The second-order valence-corrected chi connectivity index (χ2v) is 5.69. The number of hydrogen-bond acceptors (Lipinski definition) is 5. The lowest BCUT2D eigenvalue weighted by molar-refractivity contribution is -0.162. The summed E-state index contributed by atoms with van der Waals surface area (Å²) in [4.78, 5) is 11.7. The van der Waals surface area contributed by atoms with Crippen LogP contribution in [-0.4, -0.2) is 46.2 Å². The standard InChI is InChI=1S/C17H22O5/c1-22-16(20)17(21)10-13(15(19)14(18)11-17)9-5-8-12-6-3-2-4-7-12/h2-4,6-7,10,14-15,18-19,21H,5,8-9,11H2,1H3. The quantitative estimate of drug-likeness (QED) is 0.557. The molecule has 22 heavy (non-hydrogen) atoms. The van der Waals surface area contributed by atoms with Crippen molar-refractivity contribution in [2.45, 2.75) is 43.5 Å². The first kappa shape index (κ1) is 16.7. The third-order valence-electron chi connectivity index (χ3n) is 4.00. The van der Waals surface area contributed by atoms with Gasteiger partial charge in [0.05, 0.1) is 13.2 Å². The number of ether oxygens (including phenoxy) is 1. The summed E-state index contributed by atoms with van der Waals surface area (Å²) in [6.07, 6.45) is 0.895. The monoisotopic (exact) mass is 306 g/mol. The van der Waals surface area contributed by atoms with Crippen molar-refractivity contribution in [1.82, 2.24) is 0 Å². The molecule has 5 nitrogen and oxygen atoms in total. The van der Waals surface area contributed by atoms with E-state index in [2.05, 4.69) is 4.74 Å². The molecule has 3 atom stereocenters. The van der Waals surface area contributed by atoms with E-state index < -0.39 is 23.8 Å². The minimum absolute atomic E-state index is 0.261. The second kappa shape index (κ2) is 7.05. The summed E-state index contributed by atoms with van der Waals surface area (Å²) in [5.74, 6) is -0.820. The highest BCUT2D eigenvalue weighted by Crippen LogP contribution is 2.31. The fraction of sp³-hybridized carbons (Fsp3) is 0.471. The third-order valence-corrected chi connectivity index (χ3v) is 4.00. The number of aliphatic hydroxyl groups is 3. The van der Waals surface area contributed by atoms with E-state index in [0.717, 1.165) is 12.8 Å². The van der Waals surface area contributed by atoms with Gasteiger partial charge in [0.25, 0.3) is 0 Å². The minimum atomic E-state index is -1.87. The largest absolute Gasteiger partial charge is 0.467 e. The molecule has 0 saturated carbocycles. The first-order valence-electron chi connectivity index (χ1n) is 7.39. The first-order valence-corrected chi connectivity index (χ1v) is 7.39. The number of carbonyl (C=O) groups excluding carboxylic acids is 1. The van der Waals surface area contributed by atoms with Crippen LogP contribution in [0.3, 0.4) is 0 Å². The molecule has 3 unspecified atom stereocenters. The molecule has 0 bridgehead atoms. The molecule has 3 N–H and O–H groups in total. The minimum Gasteiger partial charge on any atom is -0.467 e. The van der Waals surface area contributed by atoms with Gasteiger partial charge in [-0.25, -0.2) is 4.79 Å². The lowest BCUT2D eigenvalue weighted by Gasteiger charge is -2.34. The van der Waals surface area contributed by atoms with E-state index in [-0.39, 0.29) is 6.42 Å². The second-order valence-electron chi connectivity index (χ2n) is 5.69. The smallest absolute Gasteiger partial charge is 0.342 e. The number of hydrogen-bond donors (Lipinski definition) is 3. The van der Waals surface area contributed by atoms with Crippen molar-refractivity contribution in [3.8, 4) is 0 Å². The molecule has 1 aromatic rings. The molecule has 0 amide bonds. The number of methoxy groups -OCH3 is 1. The predicted octanol–water partition coefficient (Wildman–Crippen LogP) is 0.965. The first-order chi connectivity index (χ1) is 10.5. The fourth-order valence-corrected chi connectivity index (χ4v) is 2.81. The Kier molecular flexibility index (Phi) is 5.34. The van der Waals surface area contributed by atoms with Crippen LogP contribution in [0.2, 0.25) is 0 Å². The zero-order valence-corrected chi connectivity index (χ0v) is 12.6. The van der Waals surface area contributed by atoms with Crippen LogP contribution in [0, 0.1) is 0 Å². The van der Waals surface area contributed by atoms with Gasteiger partial charge in [-0.15, -0.1) is 0 Å². The molecular weight excluding hydrogens is 284 g/mol. The van der Waals surface area contributed by atoms with Gasteiger partial charge in [-0.2, -0.15) is 0 Å². The fourth-order valence-electron chi connectivity index (χ4n) is 2.81. The molecule has 5 heteroatoms. The maximum atomic E-state index is 11.7. The van der Waals surface area contributed by atoms with Gasteiger partial charge in [-0.3, -0.25) is 0 Å². The van der Waals surface area contributed by atoms with Crippen LogP contribution in [0.15, 0.2) is 42.0 Å². The van der Waals surface area contributed by atoms with Crippen LogP contribution < -0.4 is 0 Å². The lowest BCUT2D eigenvalue weighted by atomic mass is 9.81. The van der Waals surface area contributed by atoms with E-state index in [1.54, 1.807) is 0 Å². The molecule has 1 aromatic carbocycles. The van der Waals surface area contributed by atoms with Gasteiger partial charge in [-0.05, 0) is 36.5 Å². The molecule has 120 valence electrons. The highest BCUT2D eigenvalue weighted by Gasteiger charge is 2.44. The molecule has 0 fully saturated rings. The van der Waals surface area contributed by atoms with Gasteiger partial charge in [0.15, 0.2) is 5.60 Å². The van der Waals surface area contributed by atoms with Crippen molar-refractivity contribution in [1.29, 1.82) is 0 Å². The molecule has 1 aliphatic rings. The Labute approximate surface area is 129 Å². The lowest BCUT2D eigenvalue weighted by Crippen LogP contribution is -2.48. The number of carbonyl (C=O) groups is 1. The summed E-state index contributed by atoms with van der Waals surface area (Å²) >= 11 is 0. The summed E-state index contributed by atoms with van der Waals surface area (Å²) in [5, 5.41) is 30.2. The van der Waals surface area contributed by atoms with Gasteiger partial charge >= 0.3 is 5.97 Å². The summed E-state index contributed by atoms with van der Waals surface area (Å²) in [7, 11) is 1.18. The number of benzene rings is 1. The Bertz CT molecular complexity index is 539. The summed E-state index contributed by atoms with van der Waals surface area (Å²) in [6, 6.07) is 9.91. The topological polar surface area (TPSA) is 87.0 Å². The molecule has 1 aliphatic carbocycles. The van der Waals surface area contributed by atoms with E-state index in [1.165, 1.54) is 18.7 Å². The molecule has 0 aromatic heterocycles. The van der Waals surface area contributed by atoms with Crippen molar-refractivity contribution >= 4 is 5.97 Å². The van der Waals surface area contributed by atoms with Crippen LogP contribution in [0.5, 0.6) is 0 Å². The Balaban J connectivity index is 2.05. The Morgan fingerprint density at radius 2 is 1.95 bits per heavy atom. The van der Waals surface area contributed by atoms with Gasteiger partial charge in [0, 0.05) is 6.42 Å². The summed E-state index contributed by atoms with van der Waals surface area (Å²) in [5.41, 5.74) is -0.213. The third kappa shape index (κ3) is 3.74. The highest BCUT2D eigenvalue weighted by atomic mass is 16.5. The van der Waals surface area contributed by atoms with E-state index in [9.17, 15) is 20.1 Å². The van der Waals surface area contributed by atoms with Crippen LogP contribution in [0.4, 0.5) is 0 Å². The molecule has 0 aliphatic heterocycles. The SMILES string of the molecule is COC(=O)C1(O)C=C(CCCc2ccccc2)C(O)C(O)C1. The van der Waals surface area contributed by atoms with Gasteiger partial charge < -0.3 is 20.1 Å². The number of rotatable bonds is 5. The summed E-state index contributed by atoms with van der Waals surface area (Å²) < 4.78 is 4.57. The molecule has 0 saturated heterocycles. The van der Waals surface area contributed by atoms with E-state index >= 15 is 0 Å². The van der Waals surface area contributed by atoms with Crippen molar-refractivity contribution in [2.75, 3.05) is 7.11 Å². The summed E-state index contributed by atoms with van der Waals surface area (Å²) in [6.45, 7) is 0. The number of esters is 1. The van der Waals surface area contributed by atoms with Crippen molar-refractivity contribution in [3.05, 3.63) is 47.5 Å². The molecule has 0 spiro atoms. The highest BCUT2D eigenvalue weighted by molar-refractivity contribution is 5.82. The van der Waals surface area contributed by atoms with Crippen molar-refractivity contribution in [2.24, 2.45) is 0 Å². The van der Waals surface area contributed by atoms with Crippen molar-refractivity contribution < 1.29 is 24.9 Å². The van der Waals surface area contributed by atoms with E-state index in [1.807, 2.05) is 30.3 Å². The predicted molar refractivity (Wildman–Crippen MR) is 81.1 cm³/mol. The average molecular weight is 306 g/mol. The van der Waals surface area contributed by atoms with Crippen LogP contribution >= 0.6 is 0 Å². The zero-order valence-electron chi connectivity index (χ0n) is 12.6. The molecule has 0 heterocycles. The Morgan fingerprint density at radius 3 is 2.59 bits per heavy atom. The molecule has 2 rings (SSSR count). The van der Waals surface area contributed by atoms with Crippen molar-refractivity contribution in [3.63, 3.8) is 0 Å². The van der Waals surface area contributed by atoms with E-state index in [4.69, 9.17) is 0 Å². The van der Waals surface area contributed by atoms with Gasteiger partial charge in [-0.1, -0.05) is 30.3 Å². The molecule has 0 radical (unpaired) electrons. The Morgan fingerprint density at radius 1 is 1.27 bits per heavy atom. The zero-order chi connectivity index (χ0) is 16.2. The number of aliphatic hydroxyl groups excluding tert-OH is 2. The van der Waals surface area contributed by atoms with Gasteiger partial charge in [0.2, 0.25) is 0 Å². The molecular formula is C17H22O5. The average Bonchev–Trinajstić information content (AvgIpc) is 2.52. The normalized spacial score (nSPS) is 28.1. The van der Waals surface area contributed by atoms with Crippen LogP contribution in [-0.2, 0) is 16.0 Å². The van der Waals surface area contributed by atoms with Crippen LogP contribution in [0.1, 0.15) is 24.8 Å². The van der Waals surface area contributed by atoms with Crippen LogP contribution in [0.25, 0.3) is 0 Å². The van der Waals surface area contributed by atoms with E-state index in [0.29, 0.717) is 12.0 Å². The maximum absolute atomic E-state index is 11.7.